The van der Waals surface area contributed by atoms with Gasteiger partial charge < -0.3 is 14.8 Å². The standard InChI is InChI=1S/C40H38Cl2FN7O/c1-48(2)40(51)29-12-10-22(18-45-29)35-27-17-31(38-21-9-11-24(14-21)49(38)3)50(37-23-16-30(37)46-19-23)39(27)26-15-20(6-5-13-44)32(34(43)36(26)47-35)25-7-4-8-28(41)33(25)42/h4,7-8,10,12,15,17-18,21,23-24,30,37-38,46H,5-6,9,11,14,16,19H2,1-3H3/t21?,23?,24?,30?,37-,38?/m0/s1. The zero-order chi connectivity index (χ0) is 35.3. The van der Waals surface area contributed by atoms with E-state index in [1.807, 2.05) is 12.1 Å². The minimum Gasteiger partial charge on any atom is -0.343 e. The van der Waals surface area contributed by atoms with Crippen LogP contribution in [0.25, 0.3) is 44.2 Å². The number of halogens is 3. The van der Waals surface area contributed by atoms with Crippen molar-refractivity contribution in [3.8, 4) is 28.5 Å². The molecule has 5 aliphatic rings. The molecule has 2 aromatic carbocycles. The highest BCUT2D eigenvalue weighted by Crippen LogP contribution is 2.55. The largest absolute Gasteiger partial charge is 0.343 e. The fourth-order valence-corrected chi connectivity index (χ4v) is 10.1. The second-order valence-electron chi connectivity index (χ2n) is 15.0. The smallest absolute Gasteiger partial charge is 0.271 e. The lowest BCUT2D eigenvalue weighted by Gasteiger charge is -2.41. The number of benzene rings is 2. The molecule has 3 saturated heterocycles. The van der Waals surface area contributed by atoms with Gasteiger partial charge in [0.1, 0.15) is 11.2 Å². The predicted octanol–water partition coefficient (Wildman–Crippen LogP) is 8.21. The van der Waals surface area contributed by atoms with Gasteiger partial charge >= 0.3 is 0 Å². The molecule has 5 aromatic rings. The van der Waals surface area contributed by atoms with Crippen molar-refractivity contribution in [1.29, 1.82) is 5.26 Å². The van der Waals surface area contributed by atoms with Crippen LogP contribution in [-0.4, -0.2) is 70.0 Å². The Morgan fingerprint density at radius 1 is 1.12 bits per heavy atom. The maximum absolute atomic E-state index is 17.6. The van der Waals surface area contributed by atoms with Crippen LogP contribution in [0.1, 0.15) is 65.9 Å². The SMILES string of the molecule is CN(C)C(=O)c1ccc(-c2nc3c(F)c(-c4cccc(Cl)c4Cl)c(CCC#N)cc3c3c2cc(C2C4CCC(C4)N2C)n3[C@H]2C3CNC2C3)cn1. The zero-order valence-corrected chi connectivity index (χ0v) is 30.3. The Kier molecular flexibility index (Phi) is 7.89. The van der Waals surface area contributed by atoms with Crippen molar-refractivity contribution >= 4 is 50.9 Å². The fraction of sp³-hybridized carbons (Fsp3) is 0.400. The molecule has 4 bridgehead atoms. The van der Waals surface area contributed by atoms with Gasteiger partial charge in [0, 0.05) is 78.5 Å². The number of fused-ring (bicyclic) bond motifs is 6. The number of piperidine rings is 1. The monoisotopic (exact) mass is 721 g/mol. The maximum atomic E-state index is 17.6. The van der Waals surface area contributed by atoms with Gasteiger partial charge in [0.25, 0.3) is 5.91 Å². The van der Waals surface area contributed by atoms with Gasteiger partial charge in [-0.25, -0.2) is 9.37 Å². The maximum Gasteiger partial charge on any atom is 0.271 e. The van der Waals surface area contributed by atoms with Crippen molar-refractivity contribution in [3.05, 3.63) is 81.5 Å². The third kappa shape index (κ3) is 4.94. The van der Waals surface area contributed by atoms with Gasteiger partial charge in [-0.15, -0.1) is 0 Å². The molecule has 5 unspecified atom stereocenters. The van der Waals surface area contributed by atoms with Gasteiger partial charge in [0.2, 0.25) is 0 Å². The molecule has 51 heavy (non-hydrogen) atoms. The van der Waals surface area contributed by atoms with Gasteiger partial charge in [-0.05, 0) is 86.9 Å². The molecule has 6 atom stereocenters. The number of nitrogens with zero attached hydrogens (tertiary/aromatic N) is 6. The van der Waals surface area contributed by atoms with Crippen molar-refractivity contribution < 1.29 is 9.18 Å². The molecule has 2 aliphatic carbocycles. The number of likely N-dealkylation sites (tertiary alicyclic amines) is 1. The number of hydrogen-bond donors (Lipinski definition) is 1. The van der Waals surface area contributed by atoms with Crippen LogP contribution in [0.3, 0.4) is 0 Å². The molecule has 260 valence electrons. The molecule has 0 radical (unpaired) electrons. The summed E-state index contributed by atoms with van der Waals surface area (Å²) in [4.78, 5) is 26.5. The van der Waals surface area contributed by atoms with Crippen LogP contribution >= 0.6 is 23.2 Å². The van der Waals surface area contributed by atoms with Crippen molar-refractivity contribution in [3.63, 3.8) is 0 Å². The Balaban J connectivity index is 1.38. The molecule has 1 N–H and O–H groups in total. The molecular weight excluding hydrogens is 684 g/mol. The lowest BCUT2D eigenvalue weighted by molar-refractivity contribution is 0.0822. The Hall–Kier alpha value is -4.07. The van der Waals surface area contributed by atoms with Crippen molar-refractivity contribution in [2.24, 2.45) is 11.8 Å². The quantitative estimate of drug-likeness (QED) is 0.182. The summed E-state index contributed by atoms with van der Waals surface area (Å²) in [6, 6.07) is 16.8. The summed E-state index contributed by atoms with van der Waals surface area (Å²) in [7, 11) is 5.65. The van der Waals surface area contributed by atoms with Crippen molar-refractivity contribution in [1.82, 2.24) is 29.7 Å². The van der Waals surface area contributed by atoms with E-state index < -0.39 is 5.82 Å². The highest BCUT2D eigenvalue weighted by atomic mass is 35.5. The number of nitrogens with one attached hydrogen (secondary N) is 1. The Bertz CT molecular complexity index is 2280. The number of pyridine rings is 2. The Labute approximate surface area is 306 Å². The van der Waals surface area contributed by atoms with Crippen LogP contribution in [-0.2, 0) is 6.42 Å². The van der Waals surface area contributed by atoms with Crippen molar-refractivity contribution in [2.45, 2.75) is 62.7 Å². The molecule has 2 saturated carbocycles. The summed E-state index contributed by atoms with van der Waals surface area (Å²) in [5.41, 5.74) is 5.55. The molecule has 6 heterocycles. The summed E-state index contributed by atoms with van der Waals surface area (Å²) in [5, 5.41) is 15.6. The first-order valence-corrected chi connectivity index (χ1v) is 18.6. The molecule has 8 nitrogen and oxygen atoms in total. The number of carbonyl (C=O) groups is 1. The lowest BCUT2D eigenvalue weighted by atomic mass is 9.79. The lowest BCUT2D eigenvalue weighted by Crippen LogP contribution is -2.41. The second-order valence-corrected chi connectivity index (χ2v) is 15.8. The van der Waals surface area contributed by atoms with Crippen LogP contribution < -0.4 is 5.32 Å². The Morgan fingerprint density at radius 3 is 2.63 bits per heavy atom. The predicted molar refractivity (Wildman–Crippen MR) is 198 cm³/mol. The van der Waals surface area contributed by atoms with E-state index in [1.165, 1.54) is 29.9 Å². The van der Waals surface area contributed by atoms with Crippen LogP contribution in [0.2, 0.25) is 10.0 Å². The number of amides is 1. The van der Waals surface area contributed by atoms with Crippen LogP contribution in [0.5, 0.6) is 0 Å². The van der Waals surface area contributed by atoms with Gasteiger partial charge in [-0.1, -0.05) is 35.3 Å². The number of nitriles is 1. The molecule has 10 rings (SSSR count). The van der Waals surface area contributed by atoms with E-state index in [4.69, 9.17) is 28.2 Å². The summed E-state index contributed by atoms with van der Waals surface area (Å²) < 4.78 is 20.1. The molecule has 1 amide bonds. The number of rotatable bonds is 7. The first-order valence-electron chi connectivity index (χ1n) is 17.8. The van der Waals surface area contributed by atoms with E-state index in [1.54, 1.807) is 44.6 Å². The normalized spacial score (nSPS) is 25.1. The first-order chi connectivity index (χ1) is 24.7. The average molecular weight is 723 g/mol. The summed E-state index contributed by atoms with van der Waals surface area (Å²) >= 11 is 13.2. The number of hydrogen-bond acceptors (Lipinski definition) is 6. The van der Waals surface area contributed by atoms with E-state index in [0.717, 1.165) is 29.3 Å². The third-order valence-electron chi connectivity index (χ3n) is 12.1. The van der Waals surface area contributed by atoms with Gasteiger partial charge in [-0.2, -0.15) is 5.26 Å². The molecule has 3 aliphatic heterocycles. The zero-order valence-electron chi connectivity index (χ0n) is 28.8. The molecule has 11 heteroatoms. The molecule has 3 aromatic heterocycles. The molecular formula is C40H38Cl2FN7O. The van der Waals surface area contributed by atoms with Crippen LogP contribution in [0.15, 0.2) is 48.7 Å². The third-order valence-corrected chi connectivity index (χ3v) is 12.9. The summed E-state index contributed by atoms with van der Waals surface area (Å²) in [6.07, 6.45) is 6.96. The minimum absolute atomic E-state index is 0.196. The number of aromatic nitrogens is 3. The van der Waals surface area contributed by atoms with Gasteiger partial charge in [0.05, 0.1) is 39.4 Å². The van der Waals surface area contributed by atoms with E-state index in [9.17, 15) is 10.1 Å². The number of aryl methyl sites for hydroxylation is 1. The van der Waals surface area contributed by atoms with E-state index in [2.05, 4.69) is 39.0 Å². The van der Waals surface area contributed by atoms with Gasteiger partial charge in [-0.3, -0.25) is 14.7 Å². The number of carbonyl (C=O) groups excluding carboxylic acids is 1. The van der Waals surface area contributed by atoms with Crippen LogP contribution in [0.4, 0.5) is 4.39 Å². The summed E-state index contributed by atoms with van der Waals surface area (Å²) in [6.45, 7) is 0.960. The summed E-state index contributed by atoms with van der Waals surface area (Å²) in [5.74, 6) is 0.332. The highest BCUT2D eigenvalue weighted by Gasteiger charge is 2.52. The Morgan fingerprint density at radius 2 is 1.96 bits per heavy atom. The average Bonchev–Trinajstić information content (AvgIpc) is 3.97. The van der Waals surface area contributed by atoms with Gasteiger partial charge in [0.15, 0.2) is 5.82 Å². The van der Waals surface area contributed by atoms with E-state index in [0.29, 0.717) is 69.0 Å². The second kappa shape index (κ2) is 12.3. The fourth-order valence-electron chi connectivity index (χ4n) is 9.69. The van der Waals surface area contributed by atoms with E-state index in [-0.39, 0.29) is 35.0 Å². The topological polar surface area (TPSA) is 90.1 Å². The first kappa shape index (κ1) is 32.8. The molecule has 0 spiro atoms. The minimum atomic E-state index is -0.499. The molecule has 5 fully saturated rings. The van der Waals surface area contributed by atoms with E-state index >= 15 is 4.39 Å². The highest BCUT2D eigenvalue weighted by molar-refractivity contribution is 6.43. The van der Waals surface area contributed by atoms with Crippen LogP contribution in [0, 0.1) is 29.0 Å². The van der Waals surface area contributed by atoms with Crippen molar-refractivity contribution in [2.75, 3.05) is 27.7 Å².